The van der Waals surface area contributed by atoms with Crippen molar-refractivity contribution < 1.29 is 4.79 Å². The molecule has 2 rings (SSSR count). The largest absolute Gasteiger partial charge is 0.382 e. The summed E-state index contributed by atoms with van der Waals surface area (Å²) in [5.41, 5.74) is 2.43. The van der Waals surface area contributed by atoms with Crippen molar-refractivity contribution in [2.24, 2.45) is 11.3 Å². The van der Waals surface area contributed by atoms with Crippen molar-refractivity contribution >= 4 is 17.3 Å². The smallest absolute Gasteiger partial charge is 0.224 e. The molecule has 3 heteroatoms. The molecule has 1 saturated carbocycles. The maximum Gasteiger partial charge on any atom is 0.224 e. The second-order valence-corrected chi connectivity index (χ2v) is 6.78. The normalized spacial score (nSPS) is 24.4. The molecule has 110 valence electrons. The molecule has 0 heterocycles. The zero-order valence-electron chi connectivity index (χ0n) is 13.0. The second-order valence-electron chi connectivity index (χ2n) is 6.78. The molecule has 0 bridgehead atoms. The minimum absolute atomic E-state index is 0.0527. The molecule has 2 atom stereocenters. The Bertz CT molecular complexity index is 464. The van der Waals surface area contributed by atoms with Crippen molar-refractivity contribution in [1.82, 2.24) is 0 Å². The van der Waals surface area contributed by atoms with Gasteiger partial charge in [0.1, 0.15) is 0 Å². The fraction of sp³-hybridized carbons (Fsp3) is 0.588. The summed E-state index contributed by atoms with van der Waals surface area (Å²) in [7, 11) is 0. The molecular formula is C17H26N2O. The number of hydrogen-bond donors (Lipinski definition) is 2. The maximum atomic E-state index is 11.3. The van der Waals surface area contributed by atoms with Gasteiger partial charge < -0.3 is 10.6 Å². The van der Waals surface area contributed by atoms with Gasteiger partial charge in [0.05, 0.1) is 0 Å². The van der Waals surface area contributed by atoms with Crippen LogP contribution < -0.4 is 10.6 Å². The highest BCUT2D eigenvalue weighted by Crippen LogP contribution is 2.42. The van der Waals surface area contributed by atoms with Crippen LogP contribution in [0.1, 0.15) is 47.0 Å². The first-order valence-corrected chi connectivity index (χ1v) is 7.56. The van der Waals surface area contributed by atoms with Gasteiger partial charge in [-0.2, -0.15) is 0 Å². The van der Waals surface area contributed by atoms with Crippen LogP contribution in [0.4, 0.5) is 11.4 Å². The lowest BCUT2D eigenvalue weighted by Gasteiger charge is -2.20. The molecule has 0 aromatic heterocycles. The van der Waals surface area contributed by atoms with E-state index in [4.69, 9.17) is 0 Å². The highest BCUT2D eigenvalue weighted by molar-refractivity contribution is 5.90. The Morgan fingerprint density at radius 1 is 1.20 bits per heavy atom. The van der Waals surface area contributed by atoms with Crippen LogP contribution in [0.5, 0.6) is 0 Å². The Labute approximate surface area is 122 Å². The van der Waals surface area contributed by atoms with Gasteiger partial charge in [-0.3, -0.25) is 4.79 Å². The fourth-order valence-electron chi connectivity index (χ4n) is 3.20. The summed E-state index contributed by atoms with van der Waals surface area (Å²) in [6.07, 6.45) is 2.99. The van der Waals surface area contributed by atoms with Gasteiger partial charge in [-0.1, -0.05) is 27.7 Å². The minimum atomic E-state index is 0.0527. The molecule has 2 N–H and O–H groups in total. The van der Waals surface area contributed by atoms with Crippen molar-refractivity contribution in [2.45, 2.75) is 53.0 Å². The van der Waals surface area contributed by atoms with Gasteiger partial charge in [0, 0.05) is 23.8 Å². The predicted molar refractivity (Wildman–Crippen MR) is 85.0 cm³/mol. The van der Waals surface area contributed by atoms with Crippen molar-refractivity contribution in [1.29, 1.82) is 0 Å². The van der Waals surface area contributed by atoms with Crippen LogP contribution in [0, 0.1) is 11.3 Å². The summed E-state index contributed by atoms with van der Waals surface area (Å²) in [6, 6.07) is 8.55. The Morgan fingerprint density at radius 3 is 2.30 bits per heavy atom. The Kier molecular flexibility index (Phi) is 4.36. The fourth-order valence-corrected chi connectivity index (χ4v) is 3.20. The van der Waals surface area contributed by atoms with Crippen molar-refractivity contribution in [3.63, 3.8) is 0 Å². The van der Waals surface area contributed by atoms with Gasteiger partial charge >= 0.3 is 0 Å². The van der Waals surface area contributed by atoms with E-state index in [1.54, 1.807) is 0 Å². The standard InChI is InChI=1S/C17H26N2O/c1-5-16(20)19-14-8-6-13(7-9-14)18-15-11-17(3,4)10-12(15)2/h6-9,12,15,18H,5,10-11H2,1-4H3,(H,19,20). The van der Waals surface area contributed by atoms with Gasteiger partial charge in [-0.05, 0) is 48.4 Å². The summed E-state index contributed by atoms with van der Waals surface area (Å²) in [6.45, 7) is 8.86. The molecule has 1 aliphatic carbocycles. The third-order valence-electron chi connectivity index (χ3n) is 4.18. The first-order chi connectivity index (χ1) is 9.39. The van der Waals surface area contributed by atoms with E-state index in [1.165, 1.54) is 12.8 Å². The molecule has 3 nitrogen and oxygen atoms in total. The number of benzene rings is 1. The van der Waals surface area contributed by atoms with Gasteiger partial charge in [-0.25, -0.2) is 0 Å². The van der Waals surface area contributed by atoms with E-state index < -0.39 is 0 Å². The molecule has 1 aromatic carbocycles. The molecule has 0 saturated heterocycles. The van der Waals surface area contributed by atoms with E-state index in [9.17, 15) is 4.79 Å². The summed E-state index contributed by atoms with van der Waals surface area (Å²) >= 11 is 0. The van der Waals surface area contributed by atoms with E-state index in [2.05, 4.69) is 31.4 Å². The summed E-state index contributed by atoms with van der Waals surface area (Å²) in [5, 5.41) is 6.50. The monoisotopic (exact) mass is 274 g/mol. The van der Waals surface area contributed by atoms with E-state index in [0.29, 0.717) is 23.8 Å². The van der Waals surface area contributed by atoms with Gasteiger partial charge in [0.25, 0.3) is 0 Å². The van der Waals surface area contributed by atoms with Gasteiger partial charge in [-0.15, -0.1) is 0 Å². The zero-order chi connectivity index (χ0) is 14.8. The molecule has 1 fully saturated rings. The van der Waals surface area contributed by atoms with Crippen molar-refractivity contribution in [3.05, 3.63) is 24.3 Å². The molecule has 0 radical (unpaired) electrons. The lowest BCUT2D eigenvalue weighted by molar-refractivity contribution is -0.115. The van der Waals surface area contributed by atoms with E-state index in [1.807, 2.05) is 31.2 Å². The number of rotatable bonds is 4. The number of hydrogen-bond acceptors (Lipinski definition) is 2. The topological polar surface area (TPSA) is 41.1 Å². The molecule has 2 unspecified atom stereocenters. The molecule has 1 aromatic rings. The second kappa shape index (κ2) is 5.86. The highest BCUT2D eigenvalue weighted by atomic mass is 16.1. The highest BCUT2D eigenvalue weighted by Gasteiger charge is 2.36. The lowest BCUT2D eigenvalue weighted by atomic mass is 9.91. The van der Waals surface area contributed by atoms with E-state index >= 15 is 0 Å². The molecule has 1 amide bonds. The van der Waals surface area contributed by atoms with Crippen LogP contribution in [0.25, 0.3) is 0 Å². The third-order valence-corrected chi connectivity index (χ3v) is 4.18. The summed E-state index contributed by atoms with van der Waals surface area (Å²) in [5.74, 6) is 0.751. The van der Waals surface area contributed by atoms with Crippen LogP contribution in [0.2, 0.25) is 0 Å². The summed E-state index contributed by atoms with van der Waals surface area (Å²) < 4.78 is 0. The Morgan fingerprint density at radius 2 is 1.80 bits per heavy atom. The molecule has 0 aliphatic heterocycles. The van der Waals surface area contributed by atoms with Crippen molar-refractivity contribution in [2.75, 3.05) is 10.6 Å². The van der Waals surface area contributed by atoms with Crippen LogP contribution in [0.15, 0.2) is 24.3 Å². The average molecular weight is 274 g/mol. The molecular weight excluding hydrogens is 248 g/mol. The minimum Gasteiger partial charge on any atom is -0.382 e. The van der Waals surface area contributed by atoms with Gasteiger partial charge in [0.2, 0.25) is 5.91 Å². The average Bonchev–Trinajstić information content (AvgIpc) is 2.64. The number of carbonyl (C=O) groups is 1. The van der Waals surface area contributed by atoms with Crippen molar-refractivity contribution in [3.8, 4) is 0 Å². The van der Waals surface area contributed by atoms with Crippen LogP contribution >= 0.6 is 0 Å². The van der Waals surface area contributed by atoms with Crippen LogP contribution in [-0.4, -0.2) is 11.9 Å². The third kappa shape index (κ3) is 3.75. The number of nitrogens with one attached hydrogen (secondary N) is 2. The first-order valence-electron chi connectivity index (χ1n) is 7.56. The van der Waals surface area contributed by atoms with Crippen LogP contribution in [0.3, 0.4) is 0 Å². The Hall–Kier alpha value is -1.51. The number of amides is 1. The quantitative estimate of drug-likeness (QED) is 0.860. The maximum absolute atomic E-state index is 11.3. The Balaban J connectivity index is 1.96. The SMILES string of the molecule is CCC(=O)Nc1ccc(NC2CC(C)(C)CC2C)cc1. The number of carbonyl (C=O) groups excluding carboxylic acids is 1. The lowest BCUT2D eigenvalue weighted by Crippen LogP contribution is -2.22. The van der Waals surface area contributed by atoms with E-state index in [-0.39, 0.29) is 5.91 Å². The molecule has 20 heavy (non-hydrogen) atoms. The van der Waals surface area contributed by atoms with E-state index in [0.717, 1.165) is 11.4 Å². The van der Waals surface area contributed by atoms with Gasteiger partial charge in [0.15, 0.2) is 0 Å². The van der Waals surface area contributed by atoms with Crippen LogP contribution in [-0.2, 0) is 4.79 Å². The predicted octanol–water partition coefficient (Wildman–Crippen LogP) is 4.27. The zero-order valence-corrected chi connectivity index (χ0v) is 13.0. The summed E-state index contributed by atoms with van der Waals surface area (Å²) in [4.78, 5) is 11.3. The number of anilines is 2. The first kappa shape index (κ1) is 14.9. The molecule has 1 aliphatic rings. The molecule has 0 spiro atoms.